The quantitative estimate of drug-likeness (QED) is 0.497. The van der Waals surface area contributed by atoms with Gasteiger partial charge in [-0.3, -0.25) is 4.79 Å². The maximum absolute atomic E-state index is 12.4. The van der Waals surface area contributed by atoms with Crippen LogP contribution in [0.4, 0.5) is 16.2 Å². The Hall–Kier alpha value is -2.73. The number of methoxy groups -OCH3 is 1. The molecule has 0 aromatic heterocycles. The number of carbonyl (C=O) groups is 2. The van der Waals surface area contributed by atoms with Crippen molar-refractivity contribution in [2.75, 3.05) is 24.4 Å². The van der Waals surface area contributed by atoms with E-state index in [1.54, 1.807) is 18.2 Å². The third-order valence-corrected chi connectivity index (χ3v) is 5.89. The van der Waals surface area contributed by atoms with Crippen LogP contribution in [0.15, 0.2) is 42.5 Å². The molecule has 1 aliphatic carbocycles. The molecule has 0 radical (unpaired) electrons. The normalized spacial score (nSPS) is 18.2. The van der Waals surface area contributed by atoms with Gasteiger partial charge in [0.1, 0.15) is 5.75 Å². The van der Waals surface area contributed by atoms with Gasteiger partial charge in [-0.05, 0) is 80.3 Å². The van der Waals surface area contributed by atoms with Gasteiger partial charge >= 0.3 is 12.0 Å². The van der Waals surface area contributed by atoms with Crippen LogP contribution in [-0.4, -0.2) is 25.7 Å². The second-order valence-corrected chi connectivity index (χ2v) is 8.21. The van der Waals surface area contributed by atoms with E-state index in [9.17, 15) is 9.59 Å². The Morgan fingerprint density at radius 2 is 1.74 bits per heavy atom. The van der Waals surface area contributed by atoms with Crippen molar-refractivity contribution >= 4 is 35.0 Å². The molecule has 6 nitrogen and oxygen atoms in total. The minimum atomic E-state index is -0.368. The molecule has 2 amide bonds. The number of rotatable bonds is 7. The van der Waals surface area contributed by atoms with Crippen LogP contribution in [-0.2, 0) is 9.53 Å². The van der Waals surface area contributed by atoms with E-state index < -0.39 is 0 Å². The van der Waals surface area contributed by atoms with E-state index >= 15 is 0 Å². The van der Waals surface area contributed by atoms with E-state index in [1.165, 1.54) is 12.7 Å². The zero-order valence-electron chi connectivity index (χ0n) is 17.9. The molecule has 166 valence electrons. The Labute approximate surface area is 188 Å². The summed E-state index contributed by atoms with van der Waals surface area (Å²) in [5.41, 5.74) is 2.47. The highest BCUT2D eigenvalue weighted by Crippen LogP contribution is 2.37. The van der Waals surface area contributed by atoms with Crippen LogP contribution in [0, 0.1) is 5.92 Å². The van der Waals surface area contributed by atoms with Crippen LogP contribution >= 0.6 is 11.6 Å². The third-order valence-electron chi connectivity index (χ3n) is 5.66. The number of halogens is 1. The Morgan fingerprint density at radius 1 is 1.03 bits per heavy atom. The van der Waals surface area contributed by atoms with Crippen molar-refractivity contribution in [2.24, 2.45) is 5.92 Å². The summed E-state index contributed by atoms with van der Waals surface area (Å²) in [6.45, 7) is 2.28. The summed E-state index contributed by atoms with van der Waals surface area (Å²) in [5, 5.41) is 6.10. The fourth-order valence-electron chi connectivity index (χ4n) is 4.06. The summed E-state index contributed by atoms with van der Waals surface area (Å²) in [6.07, 6.45) is 4.72. The highest BCUT2D eigenvalue weighted by Gasteiger charge is 2.24. The second kappa shape index (κ2) is 11.0. The fourth-order valence-corrected chi connectivity index (χ4v) is 4.23. The predicted octanol–water partition coefficient (Wildman–Crippen LogP) is 6.22. The maximum Gasteiger partial charge on any atom is 0.323 e. The van der Waals surface area contributed by atoms with E-state index in [0.29, 0.717) is 47.0 Å². The molecule has 1 saturated carbocycles. The number of amides is 2. The lowest BCUT2D eigenvalue weighted by Gasteiger charge is -2.28. The summed E-state index contributed by atoms with van der Waals surface area (Å²) in [5.74, 6) is 1.35. The molecular formula is C24H29ClN2O4. The zero-order chi connectivity index (χ0) is 22.2. The molecule has 31 heavy (non-hydrogen) atoms. The van der Waals surface area contributed by atoms with Gasteiger partial charge in [0, 0.05) is 17.1 Å². The molecule has 2 aromatic rings. The molecule has 0 bridgehead atoms. The van der Waals surface area contributed by atoms with Gasteiger partial charge in [0.05, 0.1) is 19.4 Å². The van der Waals surface area contributed by atoms with Crippen LogP contribution < -0.4 is 15.4 Å². The number of hydrogen-bond acceptors (Lipinski definition) is 4. The number of carbonyl (C=O) groups excluding carboxylic acids is 2. The van der Waals surface area contributed by atoms with Gasteiger partial charge in [-0.2, -0.15) is 0 Å². The van der Waals surface area contributed by atoms with Crippen LogP contribution in [0.1, 0.15) is 50.5 Å². The number of esters is 1. The smallest absolute Gasteiger partial charge is 0.323 e. The molecule has 0 aliphatic heterocycles. The SMILES string of the molecule is CCOC(=O)C[C@H]1CC[C@@H](c2ccc(NC(=O)Nc3cc(Cl)ccc3OC)cc2)CC1. The van der Waals surface area contributed by atoms with Crippen molar-refractivity contribution in [2.45, 2.75) is 44.9 Å². The molecule has 0 spiro atoms. The summed E-state index contributed by atoms with van der Waals surface area (Å²) in [7, 11) is 1.54. The van der Waals surface area contributed by atoms with Gasteiger partial charge in [0.25, 0.3) is 0 Å². The van der Waals surface area contributed by atoms with Gasteiger partial charge in [-0.15, -0.1) is 0 Å². The zero-order valence-corrected chi connectivity index (χ0v) is 18.7. The van der Waals surface area contributed by atoms with Crippen LogP contribution in [0.25, 0.3) is 0 Å². The molecule has 7 heteroatoms. The number of anilines is 2. The molecule has 2 aromatic carbocycles. The molecule has 2 N–H and O–H groups in total. The molecule has 3 rings (SSSR count). The Morgan fingerprint density at radius 3 is 2.39 bits per heavy atom. The number of benzene rings is 2. The van der Waals surface area contributed by atoms with E-state index in [1.807, 2.05) is 19.1 Å². The van der Waals surface area contributed by atoms with Gasteiger partial charge < -0.3 is 20.1 Å². The third kappa shape index (κ3) is 6.62. The lowest BCUT2D eigenvalue weighted by Crippen LogP contribution is -2.20. The minimum absolute atomic E-state index is 0.0879. The first-order chi connectivity index (χ1) is 15.0. The predicted molar refractivity (Wildman–Crippen MR) is 123 cm³/mol. The summed E-state index contributed by atoms with van der Waals surface area (Å²) in [4.78, 5) is 24.0. The second-order valence-electron chi connectivity index (χ2n) is 7.77. The van der Waals surface area contributed by atoms with E-state index in [4.69, 9.17) is 21.1 Å². The standard InChI is InChI=1S/C24H29ClN2O4/c1-3-31-23(28)14-16-4-6-17(7-5-16)18-8-11-20(12-9-18)26-24(29)27-21-15-19(25)10-13-22(21)30-2/h8-13,15-17H,3-7,14H2,1-2H3,(H2,26,27,29)/t16-,17+. The van der Waals surface area contributed by atoms with Crippen molar-refractivity contribution in [1.29, 1.82) is 0 Å². The molecule has 0 heterocycles. The van der Waals surface area contributed by atoms with E-state index in [0.717, 1.165) is 25.7 Å². The highest BCUT2D eigenvalue weighted by molar-refractivity contribution is 6.31. The van der Waals surface area contributed by atoms with Crippen LogP contribution in [0.2, 0.25) is 5.02 Å². The lowest BCUT2D eigenvalue weighted by molar-refractivity contribution is -0.144. The average molecular weight is 445 g/mol. The van der Waals surface area contributed by atoms with Crippen LogP contribution in [0.3, 0.4) is 0 Å². The summed E-state index contributed by atoms with van der Waals surface area (Å²) in [6, 6.07) is 12.6. The first kappa shape index (κ1) is 22.9. The molecule has 0 saturated heterocycles. The number of urea groups is 1. The van der Waals surface area contributed by atoms with Crippen LogP contribution in [0.5, 0.6) is 5.75 Å². The molecule has 1 fully saturated rings. The largest absolute Gasteiger partial charge is 0.495 e. The Bertz CT molecular complexity index is 893. The molecule has 1 aliphatic rings. The molecule has 0 unspecified atom stereocenters. The Balaban J connectivity index is 1.51. The average Bonchev–Trinajstić information content (AvgIpc) is 2.75. The van der Waals surface area contributed by atoms with Gasteiger partial charge in [-0.1, -0.05) is 23.7 Å². The van der Waals surface area contributed by atoms with Crippen molar-refractivity contribution in [3.8, 4) is 5.75 Å². The summed E-state index contributed by atoms with van der Waals surface area (Å²) < 4.78 is 10.3. The topological polar surface area (TPSA) is 76.7 Å². The van der Waals surface area contributed by atoms with E-state index in [2.05, 4.69) is 22.8 Å². The van der Waals surface area contributed by atoms with Gasteiger partial charge in [0.15, 0.2) is 0 Å². The number of ether oxygens (including phenoxy) is 2. The van der Waals surface area contributed by atoms with Gasteiger partial charge in [0.2, 0.25) is 0 Å². The van der Waals surface area contributed by atoms with Crippen molar-refractivity contribution in [3.63, 3.8) is 0 Å². The lowest BCUT2D eigenvalue weighted by atomic mass is 9.77. The first-order valence-corrected chi connectivity index (χ1v) is 11.0. The fraction of sp³-hybridized carbons (Fsp3) is 0.417. The maximum atomic E-state index is 12.4. The van der Waals surface area contributed by atoms with Crippen molar-refractivity contribution in [3.05, 3.63) is 53.1 Å². The summed E-state index contributed by atoms with van der Waals surface area (Å²) >= 11 is 6.01. The first-order valence-electron chi connectivity index (χ1n) is 10.7. The molecule has 0 atom stereocenters. The van der Waals surface area contributed by atoms with Crippen molar-refractivity contribution < 1.29 is 19.1 Å². The minimum Gasteiger partial charge on any atom is -0.495 e. The molecular weight excluding hydrogens is 416 g/mol. The monoisotopic (exact) mass is 444 g/mol. The van der Waals surface area contributed by atoms with Crippen molar-refractivity contribution in [1.82, 2.24) is 0 Å². The van der Waals surface area contributed by atoms with E-state index in [-0.39, 0.29) is 12.0 Å². The van der Waals surface area contributed by atoms with Gasteiger partial charge in [-0.25, -0.2) is 4.79 Å². The Kier molecular flexibility index (Phi) is 8.18. The number of nitrogens with one attached hydrogen (secondary N) is 2. The number of hydrogen-bond donors (Lipinski definition) is 2. The highest BCUT2D eigenvalue weighted by atomic mass is 35.5.